The zero-order valence-electron chi connectivity index (χ0n) is 10.0. The monoisotopic (exact) mass is 324 g/mol. The van der Waals surface area contributed by atoms with Gasteiger partial charge in [0.1, 0.15) is 0 Å². The summed E-state index contributed by atoms with van der Waals surface area (Å²) in [5.41, 5.74) is 2.27. The Kier molecular flexibility index (Phi) is 4.75. The second kappa shape index (κ2) is 6.32. The molecule has 1 atom stereocenters. The van der Waals surface area contributed by atoms with E-state index in [-0.39, 0.29) is 6.04 Å². The minimum Gasteiger partial charge on any atom is -0.306 e. The van der Waals surface area contributed by atoms with Crippen molar-refractivity contribution in [3.05, 3.63) is 63.3 Å². The molecule has 0 saturated carbocycles. The molecule has 0 amide bonds. The highest BCUT2D eigenvalue weighted by Gasteiger charge is 2.06. The van der Waals surface area contributed by atoms with Gasteiger partial charge in [0.25, 0.3) is 0 Å². The molecule has 0 aliphatic heterocycles. The molecule has 1 heterocycles. The highest BCUT2D eigenvalue weighted by molar-refractivity contribution is 9.10. The third kappa shape index (κ3) is 3.55. The number of benzene rings is 1. The van der Waals surface area contributed by atoms with Gasteiger partial charge in [-0.3, -0.25) is 4.98 Å². The lowest BCUT2D eigenvalue weighted by Crippen LogP contribution is -2.18. The van der Waals surface area contributed by atoms with Crippen molar-refractivity contribution in [1.29, 1.82) is 0 Å². The Labute approximate surface area is 121 Å². The summed E-state index contributed by atoms with van der Waals surface area (Å²) in [6.07, 6.45) is 3.66. The first-order valence-electron chi connectivity index (χ1n) is 5.74. The minimum atomic E-state index is 0.249. The van der Waals surface area contributed by atoms with Crippen molar-refractivity contribution in [1.82, 2.24) is 10.3 Å². The van der Waals surface area contributed by atoms with Gasteiger partial charge >= 0.3 is 0 Å². The molecule has 1 aromatic carbocycles. The maximum absolute atomic E-state index is 6.18. The van der Waals surface area contributed by atoms with Crippen LogP contribution in [-0.4, -0.2) is 4.98 Å². The van der Waals surface area contributed by atoms with E-state index in [2.05, 4.69) is 39.2 Å². The van der Waals surface area contributed by atoms with Crippen molar-refractivity contribution < 1.29 is 0 Å². The lowest BCUT2D eigenvalue weighted by Gasteiger charge is -2.14. The van der Waals surface area contributed by atoms with E-state index in [0.717, 1.165) is 21.6 Å². The molecule has 2 aromatic rings. The molecule has 0 aliphatic rings. The van der Waals surface area contributed by atoms with Crippen LogP contribution < -0.4 is 5.32 Å². The lowest BCUT2D eigenvalue weighted by atomic mass is 10.1. The van der Waals surface area contributed by atoms with Gasteiger partial charge in [-0.25, -0.2) is 0 Å². The van der Waals surface area contributed by atoms with Crippen molar-refractivity contribution in [2.45, 2.75) is 19.5 Å². The van der Waals surface area contributed by atoms with Crippen LogP contribution in [0.2, 0.25) is 5.02 Å². The Morgan fingerprint density at radius 3 is 2.89 bits per heavy atom. The van der Waals surface area contributed by atoms with Crippen LogP contribution in [0, 0.1) is 0 Å². The summed E-state index contributed by atoms with van der Waals surface area (Å²) in [7, 11) is 0. The molecule has 0 bridgehead atoms. The average molecular weight is 326 g/mol. The quantitative estimate of drug-likeness (QED) is 0.904. The third-order valence-corrected chi connectivity index (χ3v) is 3.64. The van der Waals surface area contributed by atoms with Crippen molar-refractivity contribution in [3.63, 3.8) is 0 Å². The number of nitrogens with one attached hydrogen (secondary N) is 1. The molecular formula is C14H14BrClN2. The molecule has 0 spiro atoms. The Morgan fingerprint density at radius 1 is 1.39 bits per heavy atom. The van der Waals surface area contributed by atoms with Crippen molar-refractivity contribution >= 4 is 27.5 Å². The summed E-state index contributed by atoms with van der Waals surface area (Å²) >= 11 is 9.58. The van der Waals surface area contributed by atoms with Crippen LogP contribution in [0.15, 0.2) is 47.2 Å². The van der Waals surface area contributed by atoms with Crippen LogP contribution in [0.4, 0.5) is 0 Å². The van der Waals surface area contributed by atoms with E-state index in [9.17, 15) is 0 Å². The zero-order chi connectivity index (χ0) is 13.0. The van der Waals surface area contributed by atoms with Gasteiger partial charge < -0.3 is 5.32 Å². The fourth-order valence-electron chi connectivity index (χ4n) is 1.68. The number of hydrogen-bond donors (Lipinski definition) is 1. The van der Waals surface area contributed by atoms with Gasteiger partial charge in [-0.15, -0.1) is 0 Å². The number of aromatic nitrogens is 1. The fraction of sp³-hybridized carbons (Fsp3) is 0.214. The first-order valence-corrected chi connectivity index (χ1v) is 6.91. The van der Waals surface area contributed by atoms with Crippen molar-refractivity contribution in [2.75, 3.05) is 0 Å². The van der Waals surface area contributed by atoms with Gasteiger partial charge in [-0.05, 0) is 36.2 Å². The molecule has 0 unspecified atom stereocenters. The summed E-state index contributed by atoms with van der Waals surface area (Å²) in [5, 5.41) is 4.21. The van der Waals surface area contributed by atoms with Gasteiger partial charge in [0, 0.05) is 34.5 Å². The van der Waals surface area contributed by atoms with Crippen LogP contribution in [-0.2, 0) is 6.54 Å². The summed E-state index contributed by atoms with van der Waals surface area (Å²) in [6.45, 7) is 2.85. The average Bonchev–Trinajstić information content (AvgIpc) is 2.38. The Hall–Kier alpha value is -0.900. The molecule has 94 valence electrons. The molecular weight excluding hydrogens is 312 g/mol. The van der Waals surface area contributed by atoms with Crippen LogP contribution in [0.3, 0.4) is 0 Å². The topological polar surface area (TPSA) is 24.9 Å². The second-order valence-corrected chi connectivity index (χ2v) is 5.45. The largest absolute Gasteiger partial charge is 0.306 e. The number of halogens is 2. The van der Waals surface area contributed by atoms with E-state index in [1.54, 1.807) is 6.20 Å². The van der Waals surface area contributed by atoms with Crippen LogP contribution in [0.1, 0.15) is 24.1 Å². The molecule has 18 heavy (non-hydrogen) atoms. The SMILES string of the molecule is C[C@@H](NCc1ccc(Br)cc1Cl)c1cccnc1. The fourth-order valence-corrected chi connectivity index (χ4v) is 2.42. The molecule has 0 radical (unpaired) electrons. The van der Waals surface area contributed by atoms with Crippen molar-refractivity contribution in [2.24, 2.45) is 0 Å². The molecule has 1 N–H and O–H groups in total. The number of pyridine rings is 1. The van der Waals surface area contributed by atoms with Gasteiger partial charge in [-0.2, -0.15) is 0 Å². The van der Waals surface area contributed by atoms with Gasteiger partial charge in [0.2, 0.25) is 0 Å². The summed E-state index contributed by atoms with van der Waals surface area (Å²) in [6, 6.07) is 10.2. The van der Waals surface area contributed by atoms with Crippen LogP contribution in [0.5, 0.6) is 0 Å². The molecule has 0 aliphatic carbocycles. The Bertz CT molecular complexity index is 516. The summed E-state index contributed by atoms with van der Waals surface area (Å²) in [4.78, 5) is 4.12. The molecule has 0 saturated heterocycles. The highest BCUT2D eigenvalue weighted by Crippen LogP contribution is 2.22. The zero-order valence-corrected chi connectivity index (χ0v) is 12.4. The van der Waals surface area contributed by atoms with Crippen LogP contribution >= 0.6 is 27.5 Å². The first-order chi connectivity index (χ1) is 8.66. The van der Waals surface area contributed by atoms with E-state index in [4.69, 9.17) is 11.6 Å². The summed E-state index contributed by atoms with van der Waals surface area (Å²) < 4.78 is 0.997. The van der Waals surface area contributed by atoms with E-state index < -0.39 is 0 Å². The second-order valence-electron chi connectivity index (χ2n) is 4.12. The standard InChI is InChI=1S/C14H14BrClN2/c1-10(11-3-2-6-17-8-11)18-9-12-4-5-13(15)7-14(12)16/h2-8,10,18H,9H2,1H3/t10-/m1/s1. The normalized spacial score (nSPS) is 12.4. The Balaban J connectivity index is 1.99. The summed E-state index contributed by atoms with van der Waals surface area (Å²) in [5.74, 6) is 0. The van der Waals surface area contributed by atoms with E-state index >= 15 is 0 Å². The smallest absolute Gasteiger partial charge is 0.0462 e. The van der Waals surface area contributed by atoms with E-state index in [0.29, 0.717) is 0 Å². The Morgan fingerprint density at radius 2 is 2.22 bits per heavy atom. The predicted molar refractivity (Wildman–Crippen MR) is 78.6 cm³/mol. The van der Waals surface area contributed by atoms with Crippen LogP contribution in [0.25, 0.3) is 0 Å². The third-order valence-electron chi connectivity index (χ3n) is 2.80. The highest BCUT2D eigenvalue weighted by atomic mass is 79.9. The van der Waals surface area contributed by atoms with Crippen molar-refractivity contribution in [3.8, 4) is 0 Å². The number of nitrogens with zero attached hydrogens (tertiary/aromatic N) is 1. The molecule has 0 fully saturated rings. The molecule has 2 rings (SSSR count). The van der Waals surface area contributed by atoms with Gasteiger partial charge in [-0.1, -0.05) is 39.7 Å². The van der Waals surface area contributed by atoms with Gasteiger partial charge in [0.15, 0.2) is 0 Å². The number of rotatable bonds is 4. The lowest BCUT2D eigenvalue weighted by molar-refractivity contribution is 0.573. The molecule has 1 aromatic heterocycles. The minimum absolute atomic E-state index is 0.249. The van der Waals surface area contributed by atoms with E-state index in [1.807, 2.05) is 30.5 Å². The number of hydrogen-bond acceptors (Lipinski definition) is 2. The maximum atomic E-state index is 6.18. The predicted octanol–water partition coefficient (Wildman–Crippen LogP) is 4.35. The molecule has 2 nitrogen and oxygen atoms in total. The first kappa shape index (κ1) is 13.5. The van der Waals surface area contributed by atoms with Gasteiger partial charge in [0.05, 0.1) is 0 Å². The van der Waals surface area contributed by atoms with E-state index in [1.165, 1.54) is 5.56 Å². The maximum Gasteiger partial charge on any atom is 0.0462 e. The molecule has 4 heteroatoms.